The maximum atomic E-state index is 11.6. The predicted octanol–water partition coefficient (Wildman–Crippen LogP) is 2.68. The number of rotatable bonds is 8. The lowest BCUT2D eigenvalue weighted by Gasteiger charge is -2.32. The Morgan fingerprint density at radius 3 is 2.62 bits per heavy atom. The molecule has 0 aromatic heterocycles. The van der Waals surface area contributed by atoms with Crippen molar-refractivity contribution >= 4 is 12.1 Å². The van der Waals surface area contributed by atoms with E-state index in [1.165, 1.54) is 12.7 Å². The van der Waals surface area contributed by atoms with Crippen LogP contribution in [0.15, 0.2) is 35.3 Å². The minimum absolute atomic E-state index is 0.238. The van der Waals surface area contributed by atoms with Gasteiger partial charge < -0.3 is 20.3 Å². The van der Waals surface area contributed by atoms with Crippen molar-refractivity contribution in [3.8, 4) is 0 Å². The van der Waals surface area contributed by atoms with Gasteiger partial charge in [0.25, 0.3) is 0 Å². The lowest BCUT2D eigenvalue weighted by molar-refractivity contribution is 0.111. The third-order valence-corrected chi connectivity index (χ3v) is 5.46. The molecule has 1 aromatic carbocycles. The second kappa shape index (κ2) is 12.3. The molecule has 0 spiro atoms. The van der Waals surface area contributed by atoms with E-state index in [9.17, 15) is 4.79 Å². The highest BCUT2D eigenvalue weighted by molar-refractivity contribution is 5.80. The third kappa shape index (κ3) is 7.93. The average Bonchev–Trinajstić information content (AvgIpc) is 2.74. The molecule has 29 heavy (non-hydrogen) atoms. The lowest BCUT2D eigenvalue weighted by Crippen LogP contribution is -2.49. The number of carbonyl (C=O) groups is 1. The fraction of sp³-hybridized carbons (Fsp3) is 0.636. The van der Waals surface area contributed by atoms with Crippen LogP contribution in [0.3, 0.4) is 0 Å². The zero-order valence-electron chi connectivity index (χ0n) is 18.4. The maximum absolute atomic E-state index is 11.6. The van der Waals surface area contributed by atoms with E-state index in [0.29, 0.717) is 25.2 Å². The van der Waals surface area contributed by atoms with Gasteiger partial charge in [0, 0.05) is 44.8 Å². The molecule has 1 aliphatic heterocycles. The van der Waals surface area contributed by atoms with Crippen molar-refractivity contribution in [1.29, 1.82) is 0 Å². The van der Waals surface area contributed by atoms with Crippen LogP contribution < -0.4 is 10.6 Å². The first-order valence-electron chi connectivity index (χ1n) is 10.6. The first-order chi connectivity index (χ1) is 14.0. The van der Waals surface area contributed by atoms with Crippen molar-refractivity contribution in [3.05, 3.63) is 35.9 Å². The Hall–Kier alpha value is -2.28. The van der Waals surface area contributed by atoms with Gasteiger partial charge in [-0.2, -0.15) is 0 Å². The molecular weight excluding hydrogens is 366 g/mol. The number of hydrogen-bond acceptors (Lipinski definition) is 4. The van der Waals surface area contributed by atoms with E-state index in [2.05, 4.69) is 66.8 Å². The van der Waals surface area contributed by atoms with Crippen LogP contribution in [-0.4, -0.2) is 74.3 Å². The maximum Gasteiger partial charge on any atom is 0.409 e. The molecule has 162 valence electrons. The summed E-state index contributed by atoms with van der Waals surface area (Å²) < 4.78 is 4.80. The molecule has 1 amide bonds. The van der Waals surface area contributed by atoms with Crippen LogP contribution in [-0.2, 0) is 11.3 Å². The number of ether oxygens (including phenoxy) is 1. The Kier molecular flexibility index (Phi) is 9.77. The Morgan fingerprint density at radius 2 is 2.00 bits per heavy atom. The number of aliphatic imine (C=N–C) groups is 1. The number of likely N-dealkylation sites (tertiary alicyclic amines) is 1. The van der Waals surface area contributed by atoms with Crippen molar-refractivity contribution < 1.29 is 9.53 Å². The highest BCUT2D eigenvalue weighted by Gasteiger charge is 2.23. The molecule has 0 saturated carbocycles. The fourth-order valence-corrected chi connectivity index (χ4v) is 3.46. The monoisotopic (exact) mass is 403 g/mol. The molecule has 1 unspecified atom stereocenters. The second-order valence-electron chi connectivity index (χ2n) is 7.67. The van der Waals surface area contributed by atoms with Gasteiger partial charge in [0.05, 0.1) is 7.11 Å². The Balaban J connectivity index is 1.77. The summed E-state index contributed by atoms with van der Waals surface area (Å²) in [6.07, 6.45) is 2.56. The smallest absolute Gasteiger partial charge is 0.409 e. The molecule has 1 aromatic rings. The van der Waals surface area contributed by atoms with E-state index in [1.54, 1.807) is 4.90 Å². The van der Waals surface area contributed by atoms with Crippen molar-refractivity contribution in [3.63, 3.8) is 0 Å². The summed E-state index contributed by atoms with van der Waals surface area (Å²) in [5.74, 6) is 0.863. The molecule has 1 fully saturated rings. The van der Waals surface area contributed by atoms with Crippen LogP contribution in [0, 0.1) is 0 Å². The molecule has 1 atom stereocenters. The second-order valence-corrected chi connectivity index (χ2v) is 7.67. The highest BCUT2D eigenvalue weighted by atomic mass is 16.5. The Labute approximate surface area is 175 Å². The van der Waals surface area contributed by atoms with E-state index in [-0.39, 0.29) is 6.09 Å². The average molecular weight is 404 g/mol. The zero-order valence-corrected chi connectivity index (χ0v) is 18.4. The van der Waals surface area contributed by atoms with E-state index in [0.717, 1.165) is 44.9 Å². The van der Waals surface area contributed by atoms with Crippen molar-refractivity contribution in [1.82, 2.24) is 20.4 Å². The summed E-state index contributed by atoms with van der Waals surface area (Å²) in [5.41, 5.74) is 1.33. The molecule has 0 radical (unpaired) electrons. The Morgan fingerprint density at radius 1 is 1.31 bits per heavy atom. The van der Waals surface area contributed by atoms with Gasteiger partial charge in [0.1, 0.15) is 0 Å². The number of nitrogens with one attached hydrogen (secondary N) is 2. The number of guanidine groups is 1. The molecule has 7 nitrogen and oxygen atoms in total. The highest BCUT2D eigenvalue weighted by Crippen LogP contribution is 2.11. The van der Waals surface area contributed by atoms with E-state index < -0.39 is 0 Å². The van der Waals surface area contributed by atoms with Crippen molar-refractivity contribution in [2.75, 3.05) is 40.3 Å². The third-order valence-electron chi connectivity index (χ3n) is 5.46. The molecule has 0 bridgehead atoms. The van der Waals surface area contributed by atoms with Gasteiger partial charge in [-0.3, -0.25) is 9.89 Å². The summed E-state index contributed by atoms with van der Waals surface area (Å²) in [7, 11) is 3.60. The Bertz CT molecular complexity index is 629. The topological polar surface area (TPSA) is 69.2 Å². The van der Waals surface area contributed by atoms with Gasteiger partial charge in [0.2, 0.25) is 0 Å². The van der Waals surface area contributed by atoms with Crippen molar-refractivity contribution in [2.45, 2.75) is 51.7 Å². The van der Waals surface area contributed by atoms with Gasteiger partial charge in [-0.05, 0) is 45.7 Å². The zero-order chi connectivity index (χ0) is 21.1. The summed E-state index contributed by atoms with van der Waals surface area (Å²) in [4.78, 5) is 20.5. The number of methoxy groups -OCH3 is 1. The van der Waals surface area contributed by atoms with Crippen molar-refractivity contribution in [2.24, 2.45) is 4.99 Å². The van der Waals surface area contributed by atoms with Crippen LogP contribution in [0.25, 0.3) is 0 Å². The summed E-state index contributed by atoms with van der Waals surface area (Å²) in [6.45, 7) is 8.31. The van der Waals surface area contributed by atoms with Gasteiger partial charge in [-0.25, -0.2) is 4.79 Å². The predicted molar refractivity (Wildman–Crippen MR) is 118 cm³/mol. The largest absolute Gasteiger partial charge is 0.453 e. The van der Waals surface area contributed by atoms with E-state index in [4.69, 9.17) is 9.73 Å². The summed E-state index contributed by atoms with van der Waals surface area (Å²) in [5, 5.41) is 6.86. The van der Waals surface area contributed by atoms with E-state index in [1.807, 2.05) is 0 Å². The van der Waals surface area contributed by atoms with Crippen LogP contribution in [0.4, 0.5) is 4.79 Å². The van der Waals surface area contributed by atoms with Crippen LogP contribution in [0.2, 0.25) is 0 Å². The van der Waals surface area contributed by atoms with Gasteiger partial charge in [0.15, 0.2) is 5.96 Å². The number of hydrogen-bond donors (Lipinski definition) is 2. The number of amides is 1. The molecule has 2 rings (SSSR count). The standard InChI is InChI=1S/C22H37N5O2/c1-5-23-21(25-20-12-15-27(16-13-20)22(28)29-4)24-14-11-18(2)26(3)17-19-9-7-6-8-10-19/h6-10,18,20H,5,11-17H2,1-4H3,(H2,23,24,25). The summed E-state index contributed by atoms with van der Waals surface area (Å²) >= 11 is 0. The molecule has 1 aliphatic rings. The fourth-order valence-electron chi connectivity index (χ4n) is 3.46. The summed E-state index contributed by atoms with van der Waals surface area (Å²) in [6, 6.07) is 11.3. The molecule has 0 aliphatic carbocycles. The first kappa shape index (κ1) is 23.0. The lowest BCUT2D eigenvalue weighted by atomic mass is 10.1. The number of piperidine rings is 1. The van der Waals surface area contributed by atoms with Gasteiger partial charge >= 0.3 is 6.09 Å². The normalized spacial score (nSPS) is 16.6. The number of benzene rings is 1. The number of nitrogens with zero attached hydrogens (tertiary/aromatic N) is 3. The van der Waals surface area contributed by atoms with Crippen LogP contribution >= 0.6 is 0 Å². The van der Waals surface area contributed by atoms with Crippen LogP contribution in [0.1, 0.15) is 38.7 Å². The SMILES string of the molecule is CCNC(=NCCC(C)N(C)Cc1ccccc1)NC1CCN(C(=O)OC)CC1. The first-order valence-corrected chi connectivity index (χ1v) is 10.6. The quantitative estimate of drug-likeness (QED) is 0.516. The number of carbonyl (C=O) groups excluding carboxylic acids is 1. The van der Waals surface area contributed by atoms with Gasteiger partial charge in [-0.1, -0.05) is 30.3 Å². The van der Waals surface area contributed by atoms with E-state index >= 15 is 0 Å². The molecule has 7 heteroatoms. The molecule has 1 heterocycles. The molecule has 1 saturated heterocycles. The van der Waals surface area contributed by atoms with Crippen LogP contribution in [0.5, 0.6) is 0 Å². The minimum atomic E-state index is -0.238. The molecule has 2 N–H and O–H groups in total. The van der Waals surface area contributed by atoms with Gasteiger partial charge in [-0.15, -0.1) is 0 Å². The minimum Gasteiger partial charge on any atom is -0.453 e. The molecular formula is C22H37N5O2.